The number of halogens is 3. The lowest BCUT2D eigenvalue weighted by Gasteiger charge is -2.41. The number of hydrogen-bond acceptors (Lipinski definition) is 2. The van der Waals surface area contributed by atoms with Crippen LogP contribution in [0.15, 0.2) is 0 Å². The van der Waals surface area contributed by atoms with Gasteiger partial charge in [-0.15, -0.1) is 0 Å². The predicted octanol–water partition coefficient (Wildman–Crippen LogP) is 1.17. The van der Waals surface area contributed by atoms with Crippen LogP contribution in [0, 0.1) is 7.05 Å². The van der Waals surface area contributed by atoms with Gasteiger partial charge in [0.05, 0.1) is 0 Å². The molecule has 1 heterocycles. The monoisotopic (exact) mass is 182 g/mol. The van der Waals surface area contributed by atoms with Crippen molar-refractivity contribution in [3.8, 4) is 0 Å². The van der Waals surface area contributed by atoms with Crippen LogP contribution in [-0.2, 0) is 0 Å². The third-order valence-corrected chi connectivity index (χ3v) is 2.21. The van der Waals surface area contributed by atoms with E-state index in [2.05, 4.69) is 7.05 Å². The number of aliphatic hydroxyl groups is 1. The van der Waals surface area contributed by atoms with Crippen molar-refractivity contribution in [1.29, 1.82) is 0 Å². The molecule has 0 amide bonds. The zero-order valence-corrected chi connectivity index (χ0v) is 6.56. The smallest absolute Gasteiger partial charge is 0.417 e. The van der Waals surface area contributed by atoms with E-state index < -0.39 is 11.8 Å². The lowest BCUT2D eigenvalue weighted by molar-refractivity contribution is -0.271. The number of rotatable bonds is 0. The van der Waals surface area contributed by atoms with E-state index in [-0.39, 0.29) is 25.9 Å². The molecule has 0 spiro atoms. The fraction of sp³-hybridized carbons (Fsp3) is 0.857. The molecule has 1 aliphatic rings. The van der Waals surface area contributed by atoms with E-state index in [1.54, 1.807) is 0 Å². The van der Waals surface area contributed by atoms with E-state index in [9.17, 15) is 13.2 Å². The van der Waals surface area contributed by atoms with Crippen LogP contribution in [0.4, 0.5) is 13.2 Å². The Bertz CT molecular complexity index is 161. The summed E-state index contributed by atoms with van der Waals surface area (Å²) < 4.78 is 36.5. The van der Waals surface area contributed by atoms with E-state index in [1.807, 2.05) is 0 Å². The standard InChI is InChI=1S/C7H11F3NO/c1-11-4-2-6(12,3-5-11)7(8,9)10/h12H,1-5H2/q-1. The van der Waals surface area contributed by atoms with Gasteiger partial charge in [-0.05, 0) is 25.9 Å². The summed E-state index contributed by atoms with van der Waals surface area (Å²) in [6, 6.07) is 0. The Labute approximate surface area is 69.0 Å². The molecular weight excluding hydrogens is 171 g/mol. The molecule has 2 nitrogen and oxygen atoms in total. The molecule has 1 saturated heterocycles. The summed E-state index contributed by atoms with van der Waals surface area (Å²) in [6.45, 7) is 0.381. The molecule has 0 saturated carbocycles. The van der Waals surface area contributed by atoms with Crippen molar-refractivity contribution in [3.05, 3.63) is 7.05 Å². The van der Waals surface area contributed by atoms with E-state index in [0.717, 1.165) is 0 Å². The van der Waals surface area contributed by atoms with Gasteiger partial charge in [0, 0.05) is 0 Å². The molecule has 0 aromatic heterocycles. The van der Waals surface area contributed by atoms with Gasteiger partial charge >= 0.3 is 6.18 Å². The highest BCUT2D eigenvalue weighted by molar-refractivity contribution is 4.91. The first-order chi connectivity index (χ1) is 5.35. The van der Waals surface area contributed by atoms with Crippen LogP contribution in [0.25, 0.3) is 0 Å². The second-order valence-corrected chi connectivity index (χ2v) is 3.15. The molecule has 0 radical (unpaired) electrons. The molecule has 1 aliphatic heterocycles. The molecule has 5 heteroatoms. The van der Waals surface area contributed by atoms with Crippen molar-refractivity contribution in [2.24, 2.45) is 0 Å². The SMILES string of the molecule is [CH2-]N1CCC(O)(C(F)(F)F)CC1. The highest BCUT2D eigenvalue weighted by Gasteiger charge is 2.53. The quantitative estimate of drug-likeness (QED) is 0.568. The zero-order chi connectivity index (χ0) is 9.41. The Hall–Kier alpha value is -0.290. The molecule has 0 aromatic carbocycles. The molecular formula is C7H11F3NO-. The number of nitrogens with zero attached hydrogens (tertiary/aromatic N) is 1. The van der Waals surface area contributed by atoms with Crippen molar-refractivity contribution in [1.82, 2.24) is 4.90 Å². The third-order valence-electron chi connectivity index (χ3n) is 2.21. The fourth-order valence-electron chi connectivity index (χ4n) is 1.21. The van der Waals surface area contributed by atoms with Crippen LogP contribution in [0.5, 0.6) is 0 Å². The lowest BCUT2D eigenvalue weighted by atomic mass is 9.91. The Kier molecular flexibility index (Phi) is 2.35. The summed E-state index contributed by atoms with van der Waals surface area (Å²) in [4.78, 5) is 1.53. The van der Waals surface area contributed by atoms with Gasteiger partial charge in [-0.25, -0.2) is 0 Å². The van der Waals surface area contributed by atoms with Gasteiger partial charge in [-0.2, -0.15) is 13.2 Å². The summed E-state index contributed by atoms with van der Waals surface area (Å²) in [5, 5.41) is 9.15. The summed E-state index contributed by atoms with van der Waals surface area (Å²) in [5.74, 6) is 0. The Morgan fingerprint density at radius 3 is 2.00 bits per heavy atom. The predicted molar refractivity (Wildman–Crippen MR) is 37.2 cm³/mol. The highest BCUT2D eigenvalue weighted by atomic mass is 19.4. The second kappa shape index (κ2) is 2.88. The van der Waals surface area contributed by atoms with Gasteiger partial charge < -0.3 is 10.0 Å². The minimum Gasteiger partial charge on any atom is -0.459 e. The average Bonchev–Trinajstić information content (AvgIpc) is 1.93. The average molecular weight is 182 g/mol. The first-order valence-electron chi connectivity index (χ1n) is 3.70. The molecule has 0 atom stereocenters. The molecule has 0 aromatic rings. The first kappa shape index (κ1) is 9.80. The summed E-state index contributed by atoms with van der Waals surface area (Å²) in [7, 11) is 3.50. The van der Waals surface area contributed by atoms with Crippen LogP contribution in [0.2, 0.25) is 0 Å². The van der Waals surface area contributed by atoms with E-state index in [4.69, 9.17) is 5.11 Å². The molecule has 1 N–H and O–H groups in total. The Morgan fingerprint density at radius 2 is 1.67 bits per heavy atom. The number of piperidine rings is 1. The molecule has 0 unspecified atom stereocenters. The summed E-state index contributed by atoms with van der Waals surface area (Å²) in [6.07, 6.45) is -5.06. The van der Waals surface area contributed by atoms with Crippen molar-refractivity contribution in [3.63, 3.8) is 0 Å². The van der Waals surface area contributed by atoms with E-state index in [0.29, 0.717) is 0 Å². The molecule has 12 heavy (non-hydrogen) atoms. The van der Waals surface area contributed by atoms with Crippen LogP contribution in [0.1, 0.15) is 12.8 Å². The number of likely N-dealkylation sites (tertiary alicyclic amines) is 1. The maximum Gasteiger partial charge on any atom is 0.417 e. The van der Waals surface area contributed by atoms with E-state index in [1.165, 1.54) is 4.90 Å². The minimum atomic E-state index is -4.51. The van der Waals surface area contributed by atoms with Crippen LogP contribution >= 0.6 is 0 Å². The number of alkyl halides is 3. The largest absolute Gasteiger partial charge is 0.459 e. The fourth-order valence-corrected chi connectivity index (χ4v) is 1.21. The van der Waals surface area contributed by atoms with Crippen LogP contribution in [-0.4, -0.2) is 34.9 Å². The molecule has 0 aliphatic carbocycles. The van der Waals surface area contributed by atoms with Gasteiger partial charge in [0.25, 0.3) is 0 Å². The van der Waals surface area contributed by atoms with Crippen LogP contribution in [0.3, 0.4) is 0 Å². The Morgan fingerprint density at radius 1 is 1.25 bits per heavy atom. The Balaban J connectivity index is 2.62. The van der Waals surface area contributed by atoms with Crippen molar-refractivity contribution < 1.29 is 18.3 Å². The minimum absolute atomic E-state index is 0.190. The maximum atomic E-state index is 12.2. The van der Waals surface area contributed by atoms with Gasteiger partial charge in [-0.3, -0.25) is 7.05 Å². The molecule has 0 bridgehead atoms. The zero-order valence-electron chi connectivity index (χ0n) is 6.56. The highest BCUT2D eigenvalue weighted by Crippen LogP contribution is 2.37. The van der Waals surface area contributed by atoms with E-state index >= 15 is 0 Å². The van der Waals surface area contributed by atoms with Gasteiger partial charge in [0.15, 0.2) is 5.60 Å². The van der Waals surface area contributed by atoms with Crippen molar-refractivity contribution >= 4 is 0 Å². The van der Waals surface area contributed by atoms with Gasteiger partial charge in [-0.1, -0.05) is 0 Å². The first-order valence-corrected chi connectivity index (χ1v) is 3.70. The lowest BCUT2D eigenvalue weighted by Crippen LogP contribution is -2.52. The molecule has 1 rings (SSSR count). The molecule has 1 fully saturated rings. The van der Waals surface area contributed by atoms with Gasteiger partial charge in [0.1, 0.15) is 0 Å². The van der Waals surface area contributed by atoms with Crippen molar-refractivity contribution in [2.45, 2.75) is 24.6 Å². The maximum absolute atomic E-state index is 12.2. The van der Waals surface area contributed by atoms with Gasteiger partial charge in [0.2, 0.25) is 0 Å². The number of hydrogen-bond donors (Lipinski definition) is 1. The summed E-state index contributed by atoms with van der Waals surface area (Å²) in [5.41, 5.74) is -2.48. The molecule has 72 valence electrons. The summed E-state index contributed by atoms with van der Waals surface area (Å²) >= 11 is 0. The topological polar surface area (TPSA) is 23.5 Å². The normalized spacial score (nSPS) is 25.8. The second-order valence-electron chi connectivity index (χ2n) is 3.15. The van der Waals surface area contributed by atoms with Crippen molar-refractivity contribution in [2.75, 3.05) is 13.1 Å². The van der Waals surface area contributed by atoms with Crippen LogP contribution < -0.4 is 0 Å². The third kappa shape index (κ3) is 1.72.